The summed E-state index contributed by atoms with van der Waals surface area (Å²) in [6.07, 6.45) is -6.48. The quantitative estimate of drug-likeness (QED) is 0.241. The van der Waals surface area contributed by atoms with E-state index in [0.29, 0.717) is 57.5 Å². The number of piperazine rings is 1. The number of benzene rings is 2. The molecule has 0 spiro atoms. The number of hydrogen-bond acceptors (Lipinski definition) is 6. The molecule has 2 aliphatic heterocycles. The molecule has 2 heterocycles. The lowest BCUT2D eigenvalue weighted by Gasteiger charge is -2.36. The number of nitrogens with one attached hydrogen (secondary N) is 2. The summed E-state index contributed by atoms with van der Waals surface area (Å²) in [5.74, 6) is 0.0705. The number of piperidine rings is 1. The minimum atomic E-state index is -4.53. The van der Waals surface area contributed by atoms with Crippen LogP contribution >= 0.6 is 0 Å². The first-order chi connectivity index (χ1) is 20.4. The number of hydrogen-bond donors (Lipinski definition) is 2. The van der Waals surface area contributed by atoms with Crippen molar-refractivity contribution in [2.45, 2.75) is 57.9 Å². The van der Waals surface area contributed by atoms with Gasteiger partial charge in [-0.25, -0.2) is 0 Å². The van der Waals surface area contributed by atoms with Gasteiger partial charge < -0.3 is 15.1 Å². The Hall–Kier alpha value is -3.19. The molecule has 0 bridgehead atoms. The number of likely N-dealkylation sites (tertiary alicyclic amines) is 1. The molecule has 2 N–H and O–H groups in total. The standard InChI is InChI=1S/C28H35F6N5O2.C2H6/c1-41-36-25-9-6-22(19-24(25)28(32,33)34)35-21-10-13-39(14-11-21)26(40)3-2-12-37-15-17-38(18-16-37)23-7-4-20(5-8-23)27(29,30)31;1-2/h4-9,19,21,35-36H,2-3,10-18H2,1H3;1-2H3. The summed E-state index contributed by atoms with van der Waals surface area (Å²) in [5, 5.41) is 3.17. The fourth-order valence-electron chi connectivity index (χ4n) is 5.28. The molecule has 0 atom stereocenters. The molecule has 2 fully saturated rings. The molecule has 0 unspecified atom stereocenters. The van der Waals surface area contributed by atoms with Crippen LogP contribution in [0, 0.1) is 0 Å². The molecule has 1 amide bonds. The molecule has 240 valence electrons. The average molecular weight is 618 g/mol. The predicted molar refractivity (Wildman–Crippen MR) is 156 cm³/mol. The summed E-state index contributed by atoms with van der Waals surface area (Å²) in [5.41, 5.74) is 1.75. The largest absolute Gasteiger partial charge is 0.418 e. The lowest BCUT2D eigenvalue weighted by atomic mass is 10.0. The maximum Gasteiger partial charge on any atom is 0.418 e. The van der Waals surface area contributed by atoms with Crippen LogP contribution in [-0.4, -0.2) is 74.7 Å². The van der Waals surface area contributed by atoms with Gasteiger partial charge in [-0.3, -0.25) is 20.0 Å². The van der Waals surface area contributed by atoms with Crippen LogP contribution in [0.3, 0.4) is 0 Å². The summed E-state index contributed by atoms with van der Waals surface area (Å²) in [6.45, 7) is 8.79. The summed E-state index contributed by atoms with van der Waals surface area (Å²) >= 11 is 0. The van der Waals surface area contributed by atoms with E-state index in [1.807, 2.05) is 18.7 Å². The van der Waals surface area contributed by atoms with Crippen LogP contribution < -0.4 is 15.7 Å². The Morgan fingerprint density at radius 1 is 0.884 bits per heavy atom. The van der Waals surface area contributed by atoms with Gasteiger partial charge in [-0.2, -0.15) is 26.3 Å². The van der Waals surface area contributed by atoms with Gasteiger partial charge in [-0.05, 0) is 68.3 Å². The Morgan fingerprint density at radius 3 is 2.07 bits per heavy atom. The van der Waals surface area contributed by atoms with Crippen molar-refractivity contribution >= 4 is 23.0 Å². The number of nitrogens with zero attached hydrogens (tertiary/aromatic N) is 3. The Labute approximate surface area is 249 Å². The number of carbonyl (C=O) groups excluding carboxylic acids is 1. The third kappa shape index (κ3) is 9.92. The molecule has 2 aliphatic rings. The van der Waals surface area contributed by atoms with Crippen molar-refractivity contribution in [2.75, 3.05) is 68.6 Å². The van der Waals surface area contributed by atoms with Crippen LogP contribution in [0.25, 0.3) is 0 Å². The van der Waals surface area contributed by atoms with Gasteiger partial charge in [-0.1, -0.05) is 13.8 Å². The second-order valence-electron chi connectivity index (χ2n) is 10.3. The van der Waals surface area contributed by atoms with Gasteiger partial charge in [-0.15, -0.1) is 0 Å². The summed E-state index contributed by atoms with van der Waals surface area (Å²) in [4.78, 5) is 23.5. The molecular weight excluding hydrogens is 576 g/mol. The number of anilines is 3. The van der Waals surface area contributed by atoms with Crippen LogP contribution in [0.15, 0.2) is 42.5 Å². The van der Waals surface area contributed by atoms with Crippen LogP contribution in [0.2, 0.25) is 0 Å². The molecule has 0 aliphatic carbocycles. The van der Waals surface area contributed by atoms with Gasteiger partial charge in [0, 0.05) is 63.1 Å². The first-order valence-corrected chi connectivity index (χ1v) is 14.6. The van der Waals surface area contributed by atoms with E-state index < -0.39 is 23.5 Å². The SMILES string of the molecule is CC.CONc1ccc(NC2CCN(C(=O)CCCN3CCN(c4ccc(C(F)(F)F)cc4)CC3)CC2)cc1C(F)(F)F. The highest BCUT2D eigenvalue weighted by Gasteiger charge is 2.34. The van der Waals surface area contributed by atoms with Crippen molar-refractivity contribution in [1.82, 2.24) is 9.80 Å². The Morgan fingerprint density at radius 2 is 1.51 bits per heavy atom. The average Bonchev–Trinajstić information content (AvgIpc) is 2.99. The summed E-state index contributed by atoms with van der Waals surface area (Å²) in [6, 6.07) is 9.13. The fourth-order valence-corrected chi connectivity index (χ4v) is 5.28. The van der Waals surface area contributed by atoms with Gasteiger partial charge in [0.1, 0.15) is 0 Å². The minimum Gasteiger partial charge on any atom is -0.382 e. The third-order valence-corrected chi connectivity index (χ3v) is 7.55. The number of rotatable bonds is 9. The smallest absolute Gasteiger partial charge is 0.382 e. The van der Waals surface area contributed by atoms with Crippen molar-refractivity contribution in [3.8, 4) is 0 Å². The highest BCUT2D eigenvalue weighted by atomic mass is 19.4. The maximum absolute atomic E-state index is 13.4. The van der Waals surface area contributed by atoms with Gasteiger partial charge in [0.15, 0.2) is 0 Å². The Balaban J connectivity index is 0.00000248. The van der Waals surface area contributed by atoms with Gasteiger partial charge >= 0.3 is 12.4 Å². The lowest BCUT2D eigenvalue weighted by molar-refractivity contribution is -0.138. The molecule has 7 nitrogen and oxygen atoms in total. The molecule has 13 heteroatoms. The molecule has 2 aromatic rings. The highest BCUT2D eigenvalue weighted by molar-refractivity contribution is 5.76. The number of amides is 1. The zero-order valence-corrected chi connectivity index (χ0v) is 24.8. The zero-order valence-electron chi connectivity index (χ0n) is 24.8. The van der Waals surface area contributed by atoms with Crippen molar-refractivity contribution in [1.29, 1.82) is 0 Å². The molecule has 43 heavy (non-hydrogen) atoms. The monoisotopic (exact) mass is 617 g/mol. The van der Waals surface area contributed by atoms with E-state index in [0.717, 1.165) is 43.5 Å². The lowest BCUT2D eigenvalue weighted by Crippen LogP contribution is -2.47. The maximum atomic E-state index is 13.4. The second-order valence-corrected chi connectivity index (χ2v) is 10.3. The molecular formula is C30H41F6N5O2. The Kier molecular flexibility index (Phi) is 12.4. The van der Waals surface area contributed by atoms with E-state index in [2.05, 4.69) is 25.4 Å². The first-order valence-electron chi connectivity index (χ1n) is 14.6. The number of carbonyl (C=O) groups is 1. The first kappa shape index (κ1) is 34.3. The molecule has 2 saturated heterocycles. The summed E-state index contributed by atoms with van der Waals surface area (Å²) in [7, 11) is 1.25. The van der Waals surface area contributed by atoms with E-state index >= 15 is 0 Å². The van der Waals surface area contributed by atoms with Crippen molar-refractivity contribution in [3.63, 3.8) is 0 Å². The van der Waals surface area contributed by atoms with Crippen molar-refractivity contribution in [3.05, 3.63) is 53.6 Å². The van der Waals surface area contributed by atoms with Crippen molar-refractivity contribution < 1.29 is 36.0 Å². The number of halogens is 6. The topological polar surface area (TPSA) is 60.1 Å². The third-order valence-electron chi connectivity index (χ3n) is 7.55. The highest BCUT2D eigenvalue weighted by Crippen LogP contribution is 2.37. The van der Waals surface area contributed by atoms with Crippen molar-refractivity contribution in [2.24, 2.45) is 0 Å². The van der Waals surface area contributed by atoms with Gasteiger partial charge in [0.05, 0.1) is 23.9 Å². The summed E-state index contributed by atoms with van der Waals surface area (Å²) < 4.78 is 78.6. The van der Waals surface area contributed by atoms with E-state index in [4.69, 9.17) is 0 Å². The minimum absolute atomic E-state index is 0.0395. The van der Waals surface area contributed by atoms with Crippen LogP contribution in [0.1, 0.15) is 50.7 Å². The van der Waals surface area contributed by atoms with Gasteiger partial charge in [0.25, 0.3) is 0 Å². The van der Waals surface area contributed by atoms with E-state index in [-0.39, 0.29) is 17.6 Å². The van der Waals surface area contributed by atoms with Crippen LogP contribution in [0.4, 0.5) is 43.4 Å². The predicted octanol–water partition coefficient (Wildman–Crippen LogP) is 6.73. The van der Waals surface area contributed by atoms with Gasteiger partial charge in [0.2, 0.25) is 5.91 Å². The number of alkyl halides is 6. The van der Waals surface area contributed by atoms with E-state index in [9.17, 15) is 31.1 Å². The van der Waals surface area contributed by atoms with E-state index in [1.165, 1.54) is 25.3 Å². The Bertz CT molecular complexity index is 1140. The van der Waals surface area contributed by atoms with Crippen LogP contribution in [-0.2, 0) is 22.0 Å². The molecule has 0 saturated carbocycles. The fraction of sp³-hybridized carbons (Fsp3) is 0.567. The molecule has 0 radical (unpaired) electrons. The second kappa shape index (κ2) is 15.5. The van der Waals surface area contributed by atoms with E-state index in [1.54, 1.807) is 6.07 Å². The molecule has 0 aromatic heterocycles. The zero-order chi connectivity index (χ0) is 31.6. The van der Waals surface area contributed by atoms with Crippen LogP contribution in [0.5, 0.6) is 0 Å². The normalized spacial score (nSPS) is 16.9. The molecule has 4 rings (SSSR count). The molecule has 2 aromatic carbocycles.